The minimum atomic E-state index is -0.434. The SMILES string of the molecule is Cc1cccc(NC(=O)CN(CC2CCCO2)C(=O)c2ccc(=O)n(-c3ccccc3)n2)c1C. The number of amides is 2. The van der Waals surface area contributed by atoms with Crippen molar-refractivity contribution in [1.82, 2.24) is 14.7 Å². The molecule has 0 saturated carbocycles. The Labute approximate surface area is 198 Å². The average molecular weight is 461 g/mol. The Morgan fingerprint density at radius 3 is 2.62 bits per heavy atom. The second-order valence-corrected chi connectivity index (χ2v) is 8.42. The van der Waals surface area contributed by atoms with Crippen LogP contribution in [0.4, 0.5) is 5.69 Å². The molecule has 1 N–H and O–H groups in total. The maximum absolute atomic E-state index is 13.4. The summed E-state index contributed by atoms with van der Waals surface area (Å²) in [4.78, 5) is 40.2. The molecule has 1 aromatic heterocycles. The lowest BCUT2D eigenvalue weighted by atomic mass is 10.1. The third kappa shape index (κ3) is 5.40. The molecule has 0 radical (unpaired) electrons. The number of nitrogens with one attached hydrogen (secondary N) is 1. The summed E-state index contributed by atoms with van der Waals surface area (Å²) in [6, 6.07) is 17.3. The third-order valence-corrected chi connectivity index (χ3v) is 5.97. The molecule has 1 aliphatic heterocycles. The molecule has 1 unspecified atom stereocenters. The minimum absolute atomic E-state index is 0.0842. The van der Waals surface area contributed by atoms with Crippen LogP contribution in [0, 0.1) is 13.8 Å². The van der Waals surface area contributed by atoms with Gasteiger partial charge in [-0.1, -0.05) is 30.3 Å². The van der Waals surface area contributed by atoms with Crippen molar-refractivity contribution < 1.29 is 14.3 Å². The van der Waals surface area contributed by atoms with Gasteiger partial charge in [-0.25, -0.2) is 0 Å². The third-order valence-electron chi connectivity index (χ3n) is 5.97. The fourth-order valence-electron chi connectivity index (χ4n) is 3.94. The van der Waals surface area contributed by atoms with E-state index in [1.54, 1.807) is 24.3 Å². The van der Waals surface area contributed by atoms with E-state index in [4.69, 9.17) is 4.74 Å². The van der Waals surface area contributed by atoms with E-state index in [1.807, 2.05) is 38.1 Å². The van der Waals surface area contributed by atoms with Gasteiger partial charge in [0.15, 0.2) is 0 Å². The molecular weight excluding hydrogens is 432 g/mol. The molecule has 3 aromatic rings. The smallest absolute Gasteiger partial charge is 0.274 e. The molecule has 1 fully saturated rings. The standard InChI is InChI=1S/C26H28N4O4/c1-18-8-6-12-22(19(18)2)27-24(31)17-29(16-21-11-7-15-34-21)26(33)23-13-14-25(32)30(28-23)20-9-4-3-5-10-20/h3-6,8-10,12-14,21H,7,11,15-17H2,1-2H3,(H,27,31). The molecule has 1 saturated heterocycles. The van der Waals surface area contributed by atoms with E-state index >= 15 is 0 Å². The highest BCUT2D eigenvalue weighted by molar-refractivity contribution is 5.98. The Morgan fingerprint density at radius 1 is 1.09 bits per heavy atom. The van der Waals surface area contributed by atoms with Crippen LogP contribution in [0.1, 0.15) is 34.5 Å². The van der Waals surface area contributed by atoms with Crippen LogP contribution >= 0.6 is 0 Å². The zero-order valence-corrected chi connectivity index (χ0v) is 19.4. The van der Waals surface area contributed by atoms with Gasteiger partial charge in [0.05, 0.1) is 11.8 Å². The van der Waals surface area contributed by atoms with Gasteiger partial charge in [0.2, 0.25) is 5.91 Å². The molecule has 1 aliphatic rings. The molecule has 176 valence electrons. The fraction of sp³-hybridized carbons (Fsp3) is 0.308. The number of ether oxygens (including phenoxy) is 1. The maximum Gasteiger partial charge on any atom is 0.274 e. The van der Waals surface area contributed by atoms with E-state index in [0.717, 1.165) is 24.0 Å². The second-order valence-electron chi connectivity index (χ2n) is 8.42. The number of rotatable bonds is 7. The van der Waals surface area contributed by atoms with Gasteiger partial charge in [-0.2, -0.15) is 9.78 Å². The Hall–Kier alpha value is -3.78. The van der Waals surface area contributed by atoms with Crippen LogP contribution in [0.25, 0.3) is 5.69 Å². The first-order valence-corrected chi connectivity index (χ1v) is 11.3. The van der Waals surface area contributed by atoms with Crippen molar-refractivity contribution in [3.63, 3.8) is 0 Å². The maximum atomic E-state index is 13.4. The van der Waals surface area contributed by atoms with Gasteiger partial charge in [-0.05, 0) is 62.1 Å². The zero-order valence-electron chi connectivity index (χ0n) is 19.4. The summed E-state index contributed by atoms with van der Waals surface area (Å²) in [6.45, 7) is 4.67. The molecule has 0 bridgehead atoms. The Balaban J connectivity index is 1.58. The highest BCUT2D eigenvalue weighted by atomic mass is 16.5. The van der Waals surface area contributed by atoms with E-state index < -0.39 is 5.91 Å². The number of carbonyl (C=O) groups excluding carboxylic acids is 2. The van der Waals surface area contributed by atoms with Crippen LogP contribution in [0.3, 0.4) is 0 Å². The summed E-state index contributed by atoms with van der Waals surface area (Å²) in [5, 5.41) is 7.21. The predicted octanol–water partition coefficient (Wildman–Crippen LogP) is 3.11. The quantitative estimate of drug-likeness (QED) is 0.585. The van der Waals surface area contributed by atoms with Crippen molar-refractivity contribution in [1.29, 1.82) is 0 Å². The molecule has 8 heteroatoms. The van der Waals surface area contributed by atoms with Crippen LogP contribution in [0.15, 0.2) is 65.5 Å². The number of nitrogens with zero attached hydrogens (tertiary/aromatic N) is 3. The second kappa shape index (κ2) is 10.4. The van der Waals surface area contributed by atoms with Gasteiger partial charge in [-0.3, -0.25) is 14.4 Å². The van der Waals surface area contributed by atoms with Crippen molar-refractivity contribution in [3.8, 4) is 5.69 Å². The van der Waals surface area contributed by atoms with E-state index in [2.05, 4.69) is 10.4 Å². The lowest BCUT2D eigenvalue weighted by molar-refractivity contribution is -0.117. The molecule has 0 spiro atoms. The molecule has 34 heavy (non-hydrogen) atoms. The molecule has 4 rings (SSSR count). The lowest BCUT2D eigenvalue weighted by Crippen LogP contribution is -2.43. The van der Waals surface area contributed by atoms with Crippen molar-refractivity contribution in [2.45, 2.75) is 32.8 Å². The Kier molecular flexibility index (Phi) is 7.18. The normalized spacial score (nSPS) is 15.2. The number of hydrogen-bond acceptors (Lipinski definition) is 5. The van der Waals surface area contributed by atoms with Crippen LogP contribution in [-0.2, 0) is 9.53 Å². The van der Waals surface area contributed by atoms with E-state index in [9.17, 15) is 14.4 Å². The van der Waals surface area contributed by atoms with E-state index in [0.29, 0.717) is 18.0 Å². The van der Waals surface area contributed by atoms with Crippen LogP contribution < -0.4 is 10.9 Å². The monoisotopic (exact) mass is 460 g/mol. The van der Waals surface area contributed by atoms with Gasteiger partial charge < -0.3 is 15.0 Å². The number of hydrogen-bond donors (Lipinski definition) is 1. The van der Waals surface area contributed by atoms with Gasteiger partial charge >= 0.3 is 0 Å². The number of aromatic nitrogens is 2. The van der Waals surface area contributed by atoms with Gasteiger partial charge in [-0.15, -0.1) is 0 Å². The molecule has 0 aliphatic carbocycles. The summed E-state index contributed by atoms with van der Waals surface area (Å²) in [7, 11) is 0. The lowest BCUT2D eigenvalue weighted by Gasteiger charge is -2.25. The Bertz CT molecular complexity index is 1230. The van der Waals surface area contributed by atoms with Gasteiger partial charge in [0.1, 0.15) is 12.2 Å². The van der Waals surface area contributed by atoms with Crippen LogP contribution in [0.5, 0.6) is 0 Å². The highest BCUT2D eigenvalue weighted by Crippen LogP contribution is 2.19. The number of para-hydroxylation sites is 1. The molecular formula is C26H28N4O4. The van der Waals surface area contributed by atoms with E-state index in [1.165, 1.54) is 21.7 Å². The van der Waals surface area contributed by atoms with Crippen LogP contribution in [-0.4, -0.2) is 52.3 Å². The van der Waals surface area contributed by atoms with Crippen molar-refractivity contribution in [2.24, 2.45) is 0 Å². The predicted molar refractivity (Wildman–Crippen MR) is 129 cm³/mol. The molecule has 1 atom stereocenters. The number of anilines is 1. The topological polar surface area (TPSA) is 93.5 Å². The largest absolute Gasteiger partial charge is 0.376 e. The fourth-order valence-corrected chi connectivity index (χ4v) is 3.94. The van der Waals surface area contributed by atoms with Gasteiger partial charge in [0, 0.05) is 24.9 Å². The molecule has 2 heterocycles. The summed E-state index contributed by atoms with van der Waals surface area (Å²) >= 11 is 0. The summed E-state index contributed by atoms with van der Waals surface area (Å²) in [6.07, 6.45) is 1.59. The summed E-state index contributed by atoms with van der Waals surface area (Å²) in [5.74, 6) is -0.743. The van der Waals surface area contributed by atoms with Crippen molar-refractivity contribution in [3.05, 3.63) is 87.8 Å². The zero-order chi connectivity index (χ0) is 24.1. The minimum Gasteiger partial charge on any atom is -0.376 e. The number of benzene rings is 2. The van der Waals surface area contributed by atoms with Crippen molar-refractivity contribution >= 4 is 17.5 Å². The highest BCUT2D eigenvalue weighted by Gasteiger charge is 2.26. The van der Waals surface area contributed by atoms with Crippen LogP contribution in [0.2, 0.25) is 0 Å². The van der Waals surface area contributed by atoms with Gasteiger partial charge in [0.25, 0.3) is 11.5 Å². The first-order valence-electron chi connectivity index (χ1n) is 11.3. The van der Waals surface area contributed by atoms with E-state index in [-0.39, 0.29) is 36.4 Å². The average Bonchev–Trinajstić information content (AvgIpc) is 3.35. The molecule has 2 aromatic carbocycles. The molecule has 8 nitrogen and oxygen atoms in total. The summed E-state index contributed by atoms with van der Waals surface area (Å²) in [5.41, 5.74) is 3.05. The number of aryl methyl sites for hydroxylation is 1. The molecule has 2 amide bonds. The Morgan fingerprint density at radius 2 is 1.88 bits per heavy atom. The number of carbonyl (C=O) groups is 2. The summed E-state index contributed by atoms with van der Waals surface area (Å²) < 4.78 is 6.90. The van der Waals surface area contributed by atoms with Crippen molar-refractivity contribution in [2.75, 3.05) is 25.0 Å². The first-order chi connectivity index (χ1) is 16.4. The first kappa shape index (κ1) is 23.4.